The average molecular weight is 337 g/mol. The largest absolute Gasteiger partial charge is 0.492 e. The second-order valence-corrected chi connectivity index (χ2v) is 6.90. The molecule has 2 heterocycles. The van der Waals surface area contributed by atoms with E-state index in [0.717, 1.165) is 16.3 Å². The molecule has 0 radical (unpaired) electrons. The van der Waals surface area contributed by atoms with Crippen molar-refractivity contribution >= 4 is 32.9 Å². The van der Waals surface area contributed by atoms with Crippen LogP contribution in [-0.4, -0.2) is 11.6 Å². The number of hydrogen-bond donors (Lipinski definition) is 0. The number of rotatable bonds is 4. The molecule has 0 spiro atoms. The van der Waals surface area contributed by atoms with Crippen molar-refractivity contribution < 1.29 is 4.74 Å². The summed E-state index contributed by atoms with van der Waals surface area (Å²) in [6.07, 6.45) is 0. The lowest BCUT2D eigenvalue weighted by atomic mass is 10.1. The maximum atomic E-state index is 5.79. The molecule has 23 heavy (non-hydrogen) atoms. The average Bonchev–Trinajstić information content (AvgIpc) is 3.25. The molecule has 2 aromatic heterocycles. The van der Waals surface area contributed by atoms with E-state index in [2.05, 4.69) is 47.2 Å². The van der Waals surface area contributed by atoms with Crippen LogP contribution in [0.15, 0.2) is 59.3 Å². The first-order chi connectivity index (χ1) is 11.4. The molecule has 0 saturated heterocycles. The minimum Gasteiger partial charge on any atom is -0.492 e. The van der Waals surface area contributed by atoms with Gasteiger partial charge in [0, 0.05) is 16.5 Å². The number of ether oxygens (including phenoxy) is 1. The summed E-state index contributed by atoms with van der Waals surface area (Å²) in [4.78, 5) is 4.86. The van der Waals surface area contributed by atoms with Crippen molar-refractivity contribution in [3.63, 3.8) is 0 Å². The summed E-state index contributed by atoms with van der Waals surface area (Å²) in [5, 5.41) is 5.27. The standard InChI is InChI=1S/C19H15NOS2/c1-2-21-16-9-8-15(13-6-4-3-5-7-13)18-17(16)20-19(23-18)14-10-11-22-12-14/h3-12H,2H2,1H3. The summed E-state index contributed by atoms with van der Waals surface area (Å²) in [5.74, 6) is 0.861. The highest BCUT2D eigenvalue weighted by Crippen LogP contribution is 2.41. The highest BCUT2D eigenvalue weighted by molar-refractivity contribution is 7.22. The molecule has 0 N–H and O–H groups in total. The molecule has 4 rings (SSSR count). The van der Waals surface area contributed by atoms with Crippen LogP contribution in [-0.2, 0) is 0 Å². The highest BCUT2D eigenvalue weighted by atomic mass is 32.1. The van der Waals surface area contributed by atoms with Crippen LogP contribution in [0.3, 0.4) is 0 Å². The van der Waals surface area contributed by atoms with Gasteiger partial charge in [0.25, 0.3) is 0 Å². The number of thiazole rings is 1. The van der Waals surface area contributed by atoms with Crippen molar-refractivity contribution in [2.45, 2.75) is 6.92 Å². The van der Waals surface area contributed by atoms with Crippen LogP contribution in [0.4, 0.5) is 0 Å². The van der Waals surface area contributed by atoms with Gasteiger partial charge in [0.15, 0.2) is 0 Å². The fraction of sp³-hybridized carbons (Fsp3) is 0.105. The molecule has 0 atom stereocenters. The Morgan fingerprint density at radius 2 is 1.87 bits per heavy atom. The van der Waals surface area contributed by atoms with Gasteiger partial charge in [-0.15, -0.1) is 11.3 Å². The predicted octanol–water partition coefficient (Wildman–Crippen LogP) is 6.09. The lowest BCUT2D eigenvalue weighted by Gasteiger charge is -2.07. The van der Waals surface area contributed by atoms with Gasteiger partial charge in [-0.2, -0.15) is 11.3 Å². The van der Waals surface area contributed by atoms with E-state index in [9.17, 15) is 0 Å². The topological polar surface area (TPSA) is 22.1 Å². The molecule has 0 saturated carbocycles. The third-order valence-corrected chi connectivity index (χ3v) is 5.48. The molecular formula is C19H15NOS2. The number of thiophene rings is 1. The minimum atomic E-state index is 0.644. The van der Waals surface area contributed by atoms with Crippen LogP contribution in [0.2, 0.25) is 0 Å². The molecule has 0 bridgehead atoms. The Balaban J connectivity index is 1.96. The molecule has 0 fully saturated rings. The minimum absolute atomic E-state index is 0.644. The number of benzene rings is 2. The van der Waals surface area contributed by atoms with Crippen molar-refractivity contribution in [3.8, 4) is 27.4 Å². The molecule has 2 aromatic carbocycles. The summed E-state index contributed by atoms with van der Waals surface area (Å²) < 4.78 is 6.97. The Bertz CT molecular complexity index is 927. The molecule has 0 aliphatic heterocycles. The molecule has 114 valence electrons. The summed E-state index contributed by atoms with van der Waals surface area (Å²) in [6, 6.07) is 16.7. The van der Waals surface area contributed by atoms with Crippen molar-refractivity contribution in [2.24, 2.45) is 0 Å². The first-order valence-corrected chi connectivity index (χ1v) is 9.27. The summed E-state index contributed by atoms with van der Waals surface area (Å²) in [7, 11) is 0. The SMILES string of the molecule is CCOc1ccc(-c2ccccc2)c2sc(-c3ccsc3)nc12. The quantitative estimate of drug-likeness (QED) is 0.449. The summed E-state index contributed by atoms with van der Waals surface area (Å²) >= 11 is 3.43. The molecule has 4 heteroatoms. The second kappa shape index (κ2) is 6.14. The first kappa shape index (κ1) is 14.4. The van der Waals surface area contributed by atoms with E-state index < -0.39 is 0 Å². The van der Waals surface area contributed by atoms with Crippen LogP contribution in [0, 0.1) is 0 Å². The van der Waals surface area contributed by atoms with Gasteiger partial charge in [-0.25, -0.2) is 4.98 Å². The smallest absolute Gasteiger partial charge is 0.146 e. The monoisotopic (exact) mass is 337 g/mol. The van der Waals surface area contributed by atoms with E-state index in [1.165, 1.54) is 21.4 Å². The summed E-state index contributed by atoms with van der Waals surface area (Å²) in [5.41, 5.74) is 4.56. The zero-order valence-electron chi connectivity index (χ0n) is 12.7. The van der Waals surface area contributed by atoms with Crippen LogP contribution >= 0.6 is 22.7 Å². The van der Waals surface area contributed by atoms with Crippen LogP contribution < -0.4 is 4.74 Å². The Hall–Kier alpha value is -2.17. The van der Waals surface area contributed by atoms with E-state index in [4.69, 9.17) is 9.72 Å². The molecule has 0 amide bonds. The Morgan fingerprint density at radius 3 is 2.61 bits per heavy atom. The van der Waals surface area contributed by atoms with Gasteiger partial charge in [0.2, 0.25) is 0 Å². The molecule has 0 aliphatic rings. The van der Waals surface area contributed by atoms with Gasteiger partial charge < -0.3 is 4.74 Å². The van der Waals surface area contributed by atoms with Gasteiger partial charge in [-0.1, -0.05) is 30.3 Å². The van der Waals surface area contributed by atoms with E-state index in [-0.39, 0.29) is 0 Å². The fourth-order valence-corrected chi connectivity index (χ4v) is 4.44. The van der Waals surface area contributed by atoms with E-state index >= 15 is 0 Å². The molecule has 2 nitrogen and oxygen atoms in total. The molecular weight excluding hydrogens is 322 g/mol. The van der Waals surface area contributed by atoms with Crippen LogP contribution in [0.25, 0.3) is 31.9 Å². The molecule has 4 aromatic rings. The normalized spacial score (nSPS) is 11.0. The number of hydrogen-bond acceptors (Lipinski definition) is 4. The van der Waals surface area contributed by atoms with Gasteiger partial charge in [0.1, 0.15) is 16.3 Å². The predicted molar refractivity (Wildman–Crippen MR) is 99.5 cm³/mol. The maximum Gasteiger partial charge on any atom is 0.146 e. The van der Waals surface area contributed by atoms with E-state index in [1.54, 1.807) is 22.7 Å². The third kappa shape index (κ3) is 2.64. The van der Waals surface area contributed by atoms with Crippen LogP contribution in [0.1, 0.15) is 6.92 Å². The first-order valence-electron chi connectivity index (χ1n) is 7.51. The zero-order chi connectivity index (χ0) is 15.6. The van der Waals surface area contributed by atoms with Gasteiger partial charge in [0.05, 0.1) is 11.3 Å². The Kier molecular flexibility index (Phi) is 3.85. The van der Waals surface area contributed by atoms with Crippen molar-refractivity contribution in [1.82, 2.24) is 4.98 Å². The van der Waals surface area contributed by atoms with Crippen molar-refractivity contribution in [2.75, 3.05) is 6.61 Å². The number of aromatic nitrogens is 1. The van der Waals surface area contributed by atoms with Crippen molar-refractivity contribution in [3.05, 3.63) is 59.3 Å². The van der Waals surface area contributed by atoms with Gasteiger partial charge >= 0.3 is 0 Å². The van der Waals surface area contributed by atoms with Gasteiger partial charge in [-0.05, 0) is 36.1 Å². The van der Waals surface area contributed by atoms with Crippen molar-refractivity contribution in [1.29, 1.82) is 0 Å². The van der Waals surface area contributed by atoms with E-state index in [0.29, 0.717) is 6.61 Å². The Labute approximate surface area is 143 Å². The Morgan fingerprint density at radius 1 is 1.00 bits per heavy atom. The maximum absolute atomic E-state index is 5.79. The number of fused-ring (bicyclic) bond motifs is 1. The number of nitrogens with zero attached hydrogens (tertiary/aromatic N) is 1. The fourth-order valence-electron chi connectivity index (χ4n) is 2.61. The lowest BCUT2D eigenvalue weighted by molar-refractivity contribution is 0.344. The lowest BCUT2D eigenvalue weighted by Crippen LogP contribution is -1.92. The second-order valence-electron chi connectivity index (χ2n) is 5.12. The zero-order valence-corrected chi connectivity index (χ0v) is 14.3. The summed E-state index contributed by atoms with van der Waals surface area (Å²) in [6.45, 7) is 2.65. The van der Waals surface area contributed by atoms with Crippen LogP contribution in [0.5, 0.6) is 5.75 Å². The molecule has 0 unspecified atom stereocenters. The van der Waals surface area contributed by atoms with Gasteiger partial charge in [-0.3, -0.25) is 0 Å². The third-order valence-electron chi connectivity index (χ3n) is 3.66. The highest BCUT2D eigenvalue weighted by Gasteiger charge is 2.15. The molecule has 0 aliphatic carbocycles. The van der Waals surface area contributed by atoms with E-state index in [1.807, 2.05) is 19.1 Å².